The fourth-order valence-corrected chi connectivity index (χ4v) is 1.03. The summed E-state index contributed by atoms with van der Waals surface area (Å²) in [6.45, 7) is 0. The molecule has 3 N–H and O–H groups in total. The number of benzene rings is 1. The summed E-state index contributed by atoms with van der Waals surface area (Å²) in [7, 11) is 0. The minimum atomic E-state index is -0.0265. The highest BCUT2D eigenvalue weighted by Gasteiger charge is 2.00. The van der Waals surface area contributed by atoms with Gasteiger partial charge in [0.1, 0.15) is 11.5 Å². The number of rotatable bonds is 1. The minimum absolute atomic E-state index is 0.0265. The van der Waals surface area contributed by atoms with Gasteiger partial charge in [-0.25, -0.2) is 0 Å². The number of aromatic hydroxyl groups is 2. The van der Waals surface area contributed by atoms with Crippen molar-refractivity contribution in [1.29, 1.82) is 5.41 Å². The Hall–Kier alpha value is -0.780. The predicted molar refractivity (Wildman–Crippen MR) is 50.6 cm³/mol. The average molecular weight is 263 g/mol. The summed E-state index contributed by atoms with van der Waals surface area (Å²) in [4.78, 5) is 0. The van der Waals surface area contributed by atoms with Gasteiger partial charge in [-0.1, -0.05) is 0 Å². The molecule has 0 heterocycles. The van der Waals surface area contributed by atoms with Crippen molar-refractivity contribution < 1.29 is 10.2 Å². The molecule has 0 aliphatic rings. The van der Waals surface area contributed by atoms with Crippen LogP contribution in [0.5, 0.6) is 11.5 Å². The Bertz CT molecular complexity index is 278. The molecule has 0 fully saturated rings. The highest BCUT2D eigenvalue weighted by atomic mass is 127. The van der Waals surface area contributed by atoms with Crippen molar-refractivity contribution in [2.75, 3.05) is 0 Å². The molecule has 0 atom stereocenters. The molecule has 1 rings (SSSR count). The Morgan fingerprint density at radius 1 is 1.18 bits per heavy atom. The Morgan fingerprint density at radius 3 is 2.00 bits per heavy atom. The second kappa shape index (κ2) is 3.08. The molecule has 0 amide bonds. The summed E-state index contributed by atoms with van der Waals surface area (Å²) in [6, 6.07) is 4.08. The lowest BCUT2D eigenvalue weighted by molar-refractivity contribution is 0.450. The van der Waals surface area contributed by atoms with E-state index in [0.717, 1.165) is 0 Å². The van der Waals surface area contributed by atoms with Crippen LogP contribution in [0.1, 0.15) is 5.56 Å². The zero-order chi connectivity index (χ0) is 8.43. The molecule has 11 heavy (non-hydrogen) atoms. The van der Waals surface area contributed by atoms with Gasteiger partial charge in [0.25, 0.3) is 0 Å². The van der Waals surface area contributed by atoms with Gasteiger partial charge in [-0.15, -0.1) is 0 Å². The summed E-state index contributed by atoms with van der Waals surface area (Å²) < 4.78 is 0.286. The fraction of sp³-hybridized carbons (Fsp3) is 0. The van der Waals surface area contributed by atoms with Gasteiger partial charge in [0.15, 0.2) is 0 Å². The van der Waals surface area contributed by atoms with Crippen LogP contribution in [-0.4, -0.2) is 13.9 Å². The van der Waals surface area contributed by atoms with Crippen LogP contribution in [0.25, 0.3) is 0 Å². The Morgan fingerprint density at radius 2 is 1.64 bits per heavy atom. The molecular weight excluding hydrogens is 257 g/mol. The lowest BCUT2D eigenvalue weighted by Gasteiger charge is -1.98. The molecule has 0 aliphatic heterocycles. The molecule has 0 unspecified atom stereocenters. The van der Waals surface area contributed by atoms with Gasteiger partial charge in [-0.3, -0.25) is 5.41 Å². The number of hydrogen-bond donors (Lipinski definition) is 3. The van der Waals surface area contributed by atoms with Gasteiger partial charge < -0.3 is 10.2 Å². The zero-order valence-electron chi connectivity index (χ0n) is 5.50. The number of hydrogen-bond acceptors (Lipinski definition) is 3. The Balaban J connectivity index is 3.19. The maximum atomic E-state index is 8.98. The van der Waals surface area contributed by atoms with Crippen LogP contribution in [0, 0.1) is 5.41 Å². The first-order chi connectivity index (χ1) is 5.09. The van der Waals surface area contributed by atoms with Gasteiger partial charge >= 0.3 is 0 Å². The molecule has 0 aromatic heterocycles. The third-order valence-corrected chi connectivity index (χ3v) is 1.78. The normalized spacial score (nSPS) is 9.55. The van der Waals surface area contributed by atoms with E-state index in [1.165, 1.54) is 18.2 Å². The van der Waals surface area contributed by atoms with E-state index >= 15 is 0 Å². The van der Waals surface area contributed by atoms with E-state index in [-0.39, 0.29) is 15.2 Å². The first-order valence-corrected chi connectivity index (χ1v) is 3.95. The molecule has 0 saturated heterocycles. The molecule has 0 saturated carbocycles. The van der Waals surface area contributed by atoms with Crippen LogP contribution in [0.3, 0.4) is 0 Å². The lowest BCUT2D eigenvalue weighted by Crippen LogP contribution is -1.86. The molecule has 3 nitrogen and oxygen atoms in total. The van der Waals surface area contributed by atoms with Crippen molar-refractivity contribution in [3.63, 3.8) is 0 Å². The lowest BCUT2D eigenvalue weighted by atomic mass is 10.2. The van der Waals surface area contributed by atoms with Crippen LogP contribution in [-0.2, 0) is 0 Å². The summed E-state index contributed by atoms with van der Waals surface area (Å²) in [5, 5.41) is 25.2. The van der Waals surface area contributed by atoms with E-state index in [0.29, 0.717) is 5.56 Å². The van der Waals surface area contributed by atoms with E-state index in [1.807, 2.05) is 0 Å². The number of nitrogens with one attached hydrogen (secondary N) is 1. The van der Waals surface area contributed by atoms with Crippen molar-refractivity contribution in [2.24, 2.45) is 0 Å². The number of halogens is 1. The highest BCUT2D eigenvalue weighted by molar-refractivity contribution is 14.1. The number of phenols is 2. The summed E-state index contributed by atoms with van der Waals surface area (Å²) in [5.74, 6) is -0.0529. The number of phenolic OH excluding ortho intramolecular Hbond substituents is 2. The summed E-state index contributed by atoms with van der Waals surface area (Å²) in [5.41, 5.74) is 0.517. The second-order valence-corrected chi connectivity index (χ2v) is 3.13. The van der Waals surface area contributed by atoms with Gasteiger partial charge in [0.05, 0.1) is 3.72 Å². The zero-order valence-corrected chi connectivity index (χ0v) is 7.66. The average Bonchev–Trinajstić information content (AvgIpc) is 1.85. The molecule has 0 radical (unpaired) electrons. The van der Waals surface area contributed by atoms with E-state index in [9.17, 15) is 0 Å². The molecule has 58 valence electrons. The Kier molecular flexibility index (Phi) is 2.33. The van der Waals surface area contributed by atoms with Crippen molar-refractivity contribution in [3.8, 4) is 11.5 Å². The molecule has 1 aromatic rings. The molecule has 0 bridgehead atoms. The SMILES string of the molecule is N=C(I)c1cc(O)cc(O)c1. The van der Waals surface area contributed by atoms with Gasteiger partial charge in [0.2, 0.25) is 0 Å². The van der Waals surface area contributed by atoms with Crippen LogP contribution < -0.4 is 0 Å². The molecule has 0 aliphatic carbocycles. The predicted octanol–water partition coefficient (Wildman–Crippen LogP) is 1.86. The van der Waals surface area contributed by atoms with E-state index in [2.05, 4.69) is 0 Å². The van der Waals surface area contributed by atoms with Gasteiger partial charge in [-0.05, 0) is 34.7 Å². The van der Waals surface area contributed by atoms with Crippen LogP contribution >= 0.6 is 22.6 Å². The monoisotopic (exact) mass is 263 g/mol. The second-order valence-electron chi connectivity index (χ2n) is 2.05. The van der Waals surface area contributed by atoms with Crippen molar-refractivity contribution >= 4 is 26.3 Å². The molecule has 1 aromatic carbocycles. The molecule has 4 heteroatoms. The van der Waals surface area contributed by atoms with Crippen LogP contribution in [0.2, 0.25) is 0 Å². The molecular formula is C7H6INO2. The van der Waals surface area contributed by atoms with E-state index in [4.69, 9.17) is 15.6 Å². The Labute approximate surface area is 77.3 Å². The minimum Gasteiger partial charge on any atom is -0.508 e. The van der Waals surface area contributed by atoms with Crippen LogP contribution in [0.15, 0.2) is 18.2 Å². The third kappa shape index (κ3) is 2.07. The van der Waals surface area contributed by atoms with Crippen LogP contribution in [0.4, 0.5) is 0 Å². The quantitative estimate of drug-likeness (QED) is 0.534. The van der Waals surface area contributed by atoms with Crippen molar-refractivity contribution in [3.05, 3.63) is 23.8 Å². The summed E-state index contributed by atoms with van der Waals surface area (Å²) >= 11 is 1.80. The van der Waals surface area contributed by atoms with Crippen molar-refractivity contribution in [1.82, 2.24) is 0 Å². The van der Waals surface area contributed by atoms with Gasteiger partial charge in [-0.2, -0.15) is 0 Å². The topological polar surface area (TPSA) is 64.3 Å². The van der Waals surface area contributed by atoms with E-state index in [1.54, 1.807) is 22.6 Å². The summed E-state index contributed by atoms with van der Waals surface area (Å²) in [6.07, 6.45) is 0. The fourth-order valence-electron chi connectivity index (χ4n) is 0.722. The third-order valence-electron chi connectivity index (χ3n) is 1.16. The highest BCUT2D eigenvalue weighted by Crippen LogP contribution is 2.21. The van der Waals surface area contributed by atoms with E-state index < -0.39 is 0 Å². The standard InChI is InChI=1S/C7H6INO2/c8-7(9)4-1-5(10)3-6(11)2-4/h1-3,9-11H. The maximum absolute atomic E-state index is 8.98. The molecule has 0 spiro atoms. The van der Waals surface area contributed by atoms with Gasteiger partial charge in [0, 0.05) is 11.6 Å². The smallest absolute Gasteiger partial charge is 0.119 e. The van der Waals surface area contributed by atoms with Crippen molar-refractivity contribution in [2.45, 2.75) is 0 Å². The largest absolute Gasteiger partial charge is 0.508 e. The first kappa shape index (κ1) is 8.32. The first-order valence-electron chi connectivity index (χ1n) is 2.87. The maximum Gasteiger partial charge on any atom is 0.119 e.